The Balaban J connectivity index is 1.70. The van der Waals surface area contributed by atoms with Crippen molar-refractivity contribution < 1.29 is 25.4 Å². The Morgan fingerprint density at radius 2 is 1.56 bits per heavy atom. The van der Waals surface area contributed by atoms with E-state index in [2.05, 4.69) is 0 Å². The maximum Gasteiger partial charge on any atom is 0.216 e. The third-order valence-corrected chi connectivity index (χ3v) is 7.38. The van der Waals surface area contributed by atoms with Crippen molar-refractivity contribution in [2.24, 2.45) is 7.05 Å². The molecule has 2 heterocycles. The average Bonchev–Trinajstić information content (AvgIpc) is 3.39. The van der Waals surface area contributed by atoms with Gasteiger partial charge in [0.05, 0.1) is 5.56 Å². The summed E-state index contributed by atoms with van der Waals surface area (Å²) in [6.07, 6.45) is 0.584. The first-order valence-corrected chi connectivity index (χ1v) is 11.3. The molecule has 0 spiro atoms. The summed E-state index contributed by atoms with van der Waals surface area (Å²) in [7, 11) is 1.65. The van der Waals surface area contributed by atoms with Crippen LogP contribution in [-0.4, -0.2) is 0 Å². The number of hydrogen-bond donors (Lipinski definition) is 0. The van der Waals surface area contributed by atoms with Crippen molar-refractivity contribution in [3.63, 3.8) is 0 Å². The molecule has 5 aromatic rings. The topological polar surface area (TPSA) is 17.0 Å². The number of aryl methyl sites for hydroxylation is 4. The van der Waals surface area contributed by atoms with E-state index in [-0.39, 0.29) is 24.0 Å². The molecule has 0 aliphatic heterocycles. The van der Waals surface area contributed by atoms with E-state index >= 15 is 0 Å². The van der Waals surface area contributed by atoms with Crippen LogP contribution in [0.15, 0.2) is 65.2 Å². The van der Waals surface area contributed by atoms with Crippen LogP contribution in [0.2, 0.25) is 0 Å². The standard InChI is InChI=1S/C32H32NO/c1-7-32(8-2)25-12-10-9-11-24(25)29-26(32)16-15-23-22-14-13-19(3)28(30(22)34-31(23)29)27-17-20(4)21(5)18-33(27)6/h9-18H,7-8H2,1-6H3/q+1/i1D3,2D3,4D3,5D3. The number of furan rings is 1. The lowest BCUT2D eigenvalue weighted by Crippen LogP contribution is -2.31. The predicted octanol–water partition coefficient (Wildman–Crippen LogP) is 8.09. The van der Waals surface area contributed by atoms with Crippen LogP contribution >= 0.6 is 0 Å². The van der Waals surface area contributed by atoms with E-state index in [1.165, 1.54) is 12.3 Å². The van der Waals surface area contributed by atoms with Gasteiger partial charge in [0.25, 0.3) is 0 Å². The third-order valence-electron chi connectivity index (χ3n) is 7.38. The largest absolute Gasteiger partial charge is 0.454 e. The predicted molar refractivity (Wildman–Crippen MR) is 141 cm³/mol. The van der Waals surface area contributed by atoms with Gasteiger partial charge in [0, 0.05) is 49.8 Å². The monoisotopic (exact) mass is 458 g/mol. The molecule has 170 valence electrons. The first kappa shape index (κ1) is 11.8. The lowest BCUT2D eigenvalue weighted by Gasteiger charge is -2.29. The first-order chi connectivity index (χ1) is 21.1. The van der Waals surface area contributed by atoms with E-state index in [4.69, 9.17) is 20.9 Å². The lowest BCUT2D eigenvalue weighted by molar-refractivity contribution is -0.660. The highest BCUT2D eigenvalue weighted by atomic mass is 16.3. The number of hydrogen-bond acceptors (Lipinski definition) is 1. The SMILES string of the molecule is [2H]C([2H])([2H])CC1(CC([2H])([2H])[2H])c2ccccc2-c2c1ccc1c2oc2c(-c3cc(C([2H])([2H])[2H])c(C([2H])([2H])[2H])c[n+]3C)c(C)ccc21. The molecule has 0 atom stereocenters. The van der Waals surface area contributed by atoms with Gasteiger partial charge in [-0.25, -0.2) is 4.57 Å². The summed E-state index contributed by atoms with van der Waals surface area (Å²) in [5, 5.41) is 1.44. The zero-order valence-corrected chi connectivity index (χ0v) is 19.0. The Morgan fingerprint density at radius 1 is 0.824 bits per heavy atom. The second-order valence-electron chi connectivity index (χ2n) is 9.18. The fourth-order valence-electron chi connectivity index (χ4n) is 5.59. The molecule has 6 rings (SSSR count). The zero-order valence-electron chi connectivity index (χ0n) is 31.0. The number of rotatable bonds is 3. The molecule has 0 saturated heterocycles. The third kappa shape index (κ3) is 2.60. The van der Waals surface area contributed by atoms with E-state index in [0.29, 0.717) is 44.7 Å². The molecule has 0 unspecified atom stereocenters. The molecular weight excluding hydrogens is 414 g/mol. The van der Waals surface area contributed by atoms with Crippen LogP contribution in [0.4, 0.5) is 0 Å². The molecule has 2 aromatic heterocycles. The number of aromatic nitrogens is 1. The molecular formula is C32H32NO+. The van der Waals surface area contributed by atoms with Gasteiger partial charge < -0.3 is 4.42 Å². The summed E-state index contributed by atoms with van der Waals surface area (Å²) in [6, 6.07) is 16.0. The molecule has 1 aliphatic carbocycles. The fourth-order valence-corrected chi connectivity index (χ4v) is 5.59. The van der Waals surface area contributed by atoms with Crippen molar-refractivity contribution >= 4 is 21.9 Å². The van der Waals surface area contributed by atoms with Gasteiger partial charge in [-0.2, -0.15) is 0 Å². The summed E-state index contributed by atoms with van der Waals surface area (Å²) >= 11 is 0. The highest BCUT2D eigenvalue weighted by molar-refractivity contribution is 6.14. The van der Waals surface area contributed by atoms with Gasteiger partial charge in [0.1, 0.15) is 18.2 Å². The highest BCUT2D eigenvalue weighted by Gasteiger charge is 2.42. The lowest BCUT2D eigenvalue weighted by atomic mass is 9.74. The molecule has 0 saturated carbocycles. The van der Waals surface area contributed by atoms with Crippen molar-refractivity contribution in [3.8, 4) is 22.4 Å². The molecule has 0 bridgehead atoms. The molecule has 2 heteroatoms. The van der Waals surface area contributed by atoms with Gasteiger partial charge in [-0.3, -0.25) is 0 Å². The normalized spacial score (nSPS) is 20.8. The molecule has 1 aliphatic rings. The number of benzene rings is 3. The van der Waals surface area contributed by atoms with E-state index < -0.39 is 32.8 Å². The zero-order chi connectivity index (χ0) is 33.8. The smallest absolute Gasteiger partial charge is 0.216 e. The summed E-state index contributed by atoms with van der Waals surface area (Å²) in [4.78, 5) is 0. The van der Waals surface area contributed by atoms with E-state index in [0.717, 1.165) is 16.3 Å². The molecule has 2 nitrogen and oxygen atoms in total. The van der Waals surface area contributed by atoms with E-state index in [1.54, 1.807) is 23.7 Å². The van der Waals surface area contributed by atoms with Crippen LogP contribution < -0.4 is 4.57 Å². The summed E-state index contributed by atoms with van der Waals surface area (Å²) in [5.74, 6) is 0. The van der Waals surface area contributed by atoms with Crippen LogP contribution in [0, 0.1) is 20.6 Å². The maximum atomic E-state index is 8.19. The summed E-state index contributed by atoms with van der Waals surface area (Å²) < 4.78 is 106. The highest BCUT2D eigenvalue weighted by Crippen LogP contribution is 2.55. The van der Waals surface area contributed by atoms with Crippen molar-refractivity contribution in [2.75, 3.05) is 0 Å². The van der Waals surface area contributed by atoms with Gasteiger partial charge >= 0.3 is 0 Å². The minimum Gasteiger partial charge on any atom is -0.454 e. The molecule has 3 aromatic carbocycles. The number of fused-ring (bicyclic) bond motifs is 7. The van der Waals surface area contributed by atoms with E-state index in [1.807, 2.05) is 43.3 Å². The quantitative estimate of drug-likeness (QED) is 0.250. The minimum absolute atomic E-state index is 0.262. The van der Waals surface area contributed by atoms with Gasteiger partial charge in [0.15, 0.2) is 6.20 Å². The first-order valence-electron chi connectivity index (χ1n) is 17.3. The number of pyridine rings is 1. The van der Waals surface area contributed by atoms with Crippen molar-refractivity contribution in [1.82, 2.24) is 0 Å². The molecule has 0 radical (unpaired) electrons. The average molecular weight is 459 g/mol. The maximum absolute atomic E-state index is 8.19. The molecule has 0 N–H and O–H groups in total. The second-order valence-corrected chi connectivity index (χ2v) is 9.18. The van der Waals surface area contributed by atoms with Gasteiger partial charge in [-0.05, 0) is 61.3 Å². The van der Waals surface area contributed by atoms with Crippen LogP contribution in [0.5, 0.6) is 0 Å². The van der Waals surface area contributed by atoms with E-state index in [9.17, 15) is 0 Å². The fraction of sp³-hybridized carbons (Fsp3) is 0.281. The Kier molecular flexibility index (Phi) is 2.54. The van der Waals surface area contributed by atoms with Gasteiger partial charge in [-0.15, -0.1) is 0 Å². The van der Waals surface area contributed by atoms with Gasteiger partial charge in [0.2, 0.25) is 5.69 Å². The minimum atomic E-state index is -2.69. The van der Waals surface area contributed by atoms with Crippen molar-refractivity contribution in [3.05, 3.63) is 88.6 Å². The number of nitrogens with zero attached hydrogens (tertiary/aromatic N) is 1. The summed E-state index contributed by atoms with van der Waals surface area (Å²) in [6.45, 7) is -8.34. The van der Waals surface area contributed by atoms with Crippen LogP contribution in [0.1, 0.15) is 70.8 Å². The van der Waals surface area contributed by atoms with Gasteiger partial charge in [-0.1, -0.05) is 62.2 Å². The van der Waals surface area contributed by atoms with Crippen LogP contribution in [-0.2, 0) is 12.5 Å². The second kappa shape index (κ2) is 7.30. The Bertz CT molecular complexity index is 2010. The summed E-state index contributed by atoms with van der Waals surface area (Å²) in [5.41, 5.74) is 3.35. The Morgan fingerprint density at radius 3 is 2.32 bits per heavy atom. The Hall–Kier alpha value is -3.39. The molecule has 0 amide bonds. The van der Waals surface area contributed by atoms with Crippen LogP contribution in [0.3, 0.4) is 0 Å². The van der Waals surface area contributed by atoms with Crippen LogP contribution in [0.25, 0.3) is 44.3 Å². The molecule has 34 heavy (non-hydrogen) atoms. The van der Waals surface area contributed by atoms with Crippen molar-refractivity contribution in [2.45, 2.75) is 52.6 Å². The van der Waals surface area contributed by atoms with Crippen molar-refractivity contribution in [1.29, 1.82) is 0 Å². The molecule has 0 fully saturated rings. The Labute approximate surface area is 218 Å².